The topological polar surface area (TPSA) is 43.4 Å². The first-order valence-electron chi connectivity index (χ1n) is 3.07. The van der Waals surface area contributed by atoms with E-state index in [1.165, 1.54) is 6.92 Å². The van der Waals surface area contributed by atoms with Crippen LogP contribution in [0.4, 0.5) is 0 Å². The molecule has 0 saturated carbocycles. The van der Waals surface area contributed by atoms with Crippen molar-refractivity contribution in [2.45, 2.75) is 26.6 Å². The van der Waals surface area contributed by atoms with E-state index < -0.39 is 20.1 Å². The third-order valence-corrected chi connectivity index (χ3v) is 1.48. The third kappa shape index (κ3) is 8.26. The van der Waals surface area contributed by atoms with E-state index in [1.807, 2.05) is 19.6 Å². The van der Waals surface area contributed by atoms with Crippen molar-refractivity contribution in [2.24, 2.45) is 0 Å². The van der Waals surface area contributed by atoms with Crippen LogP contribution in [0.25, 0.3) is 0 Å². The largest absolute Gasteiger partial charge is 1.00 e. The van der Waals surface area contributed by atoms with Gasteiger partial charge in [0, 0.05) is 6.92 Å². The molecule has 0 aliphatic heterocycles. The summed E-state index contributed by atoms with van der Waals surface area (Å²) in [4.78, 5) is 21.0. The molecule has 0 aromatic carbocycles. The van der Waals surface area contributed by atoms with Crippen LogP contribution in [0.15, 0.2) is 0 Å². The van der Waals surface area contributed by atoms with Crippen LogP contribution in [0.2, 0.25) is 19.6 Å². The van der Waals surface area contributed by atoms with Gasteiger partial charge >= 0.3 is 35.5 Å². The Kier molecular flexibility index (Phi) is 6.43. The summed E-state index contributed by atoms with van der Waals surface area (Å²) in [5.41, 5.74) is 0. The molecule has 0 rings (SSSR count). The molecule has 0 aliphatic carbocycles. The number of Topliss-reactive ketones (excluding diaryl/α,β-unsaturated/α-hetero) is 1. The van der Waals surface area contributed by atoms with Gasteiger partial charge in [-0.2, -0.15) is 0 Å². The summed E-state index contributed by atoms with van der Waals surface area (Å²) in [6, 6.07) is 0. The van der Waals surface area contributed by atoms with Crippen LogP contribution in [0.1, 0.15) is 8.35 Å². The second-order valence-corrected chi connectivity index (χ2v) is 7.49. The van der Waals surface area contributed by atoms with E-state index in [9.17, 15) is 9.59 Å². The Labute approximate surface area is 91.4 Å². The Balaban J connectivity index is -0.000000405. The van der Waals surface area contributed by atoms with Crippen molar-refractivity contribution in [3.63, 3.8) is 0 Å². The molecule has 5 heteroatoms. The van der Waals surface area contributed by atoms with Gasteiger partial charge in [0.25, 0.3) is 0 Å². The van der Waals surface area contributed by atoms with Crippen LogP contribution >= 0.6 is 0 Å². The summed E-state index contributed by atoms with van der Waals surface area (Å²) in [5, 5.41) is 0. The molecule has 0 bridgehead atoms. The zero-order chi connectivity index (χ0) is 8.36. The van der Waals surface area contributed by atoms with Crippen LogP contribution in [0.3, 0.4) is 0 Å². The molecule has 0 spiro atoms. The molecule has 0 aromatic rings. The third-order valence-electron chi connectivity index (χ3n) is 0.686. The molecular formula is C6H13NaO3Si. The molecule has 0 radical (unpaired) electrons. The van der Waals surface area contributed by atoms with Crippen molar-refractivity contribution in [3.05, 3.63) is 0 Å². The van der Waals surface area contributed by atoms with E-state index in [-0.39, 0.29) is 31.0 Å². The quantitative estimate of drug-likeness (QED) is 0.371. The Morgan fingerprint density at radius 2 is 1.64 bits per heavy atom. The average molecular weight is 184 g/mol. The van der Waals surface area contributed by atoms with E-state index in [4.69, 9.17) is 4.43 Å². The predicted molar refractivity (Wildman–Crippen MR) is 41.2 cm³/mol. The number of hydrogen-bond donors (Lipinski definition) is 0. The van der Waals surface area contributed by atoms with Gasteiger partial charge in [-0.25, -0.2) is 4.79 Å². The molecule has 0 N–H and O–H groups in total. The summed E-state index contributed by atoms with van der Waals surface area (Å²) >= 11 is 0. The Bertz CT molecular complexity index is 167. The maximum Gasteiger partial charge on any atom is 1.00 e. The zero-order valence-corrected chi connectivity index (χ0v) is 10.7. The van der Waals surface area contributed by atoms with Gasteiger partial charge in [-0.15, -0.1) is 0 Å². The second-order valence-electron chi connectivity index (χ2n) is 3.06. The number of carbonyl (C=O) groups excluding carboxylic acids is 2. The molecule has 60 valence electrons. The van der Waals surface area contributed by atoms with Crippen LogP contribution in [-0.2, 0) is 14.0 Å². The fourth-order valence-corrected chi connectivity index (χ4v) is 1.05. The zero-order valence-electron chi connectivity index (χ0n) is 8.72. The standard InChI is InChI=1S/C6H12O3Si.Na.H/c1-5(7)6(8)9-10(2,3)4;;/h1-4H3;;/q;+1;-1. The molecule has 0 fully saturated rings. The predicted octanol–water partition coefficient (Wildman–Crippen LogP) is -1.93. The number of carbonyl (C=O) groups is 2. The summed E-state index contributed by atoms with van der Waals surface area (Å²) < 4.78 is 4.85. The Morgan fingerprint density at radius 3 is 1.73 bits per heavy atom. The van der Waals surface area contributed by atoms with Crippen LogP contribution < -0.4 is 29.6 Å². The SMILES string of the molecule is CC(=O)C(=O)O[Si](C)(C)C.[H-].[Na+]. The van der Waals surface area contributed by atoms with E-state index >= 15 is 0 Å². The van der Waals surface area contributed by atoms with E-state index in [1.54, 1.807) is 0 Å². The monoisotopic (exact) mass is 184 g/mol. The van der Waals surface area contributed by atoms with Crippen molar-refractivity contribution in [2.75, 3.05) is 0 Å². The number of rotatable bonds is 2. The first-order chi connectivity index (χ1) is 4.33. The number of hydrogen-bond acceptors (Lipinski definition) is 3. The summed E-state index contributed by atoms with van der Waals surface area (Å²) in [7, 11) is -1.85. The Morgan fingerprint density at radius 1 is 1.27 bits per heavy atom. The van der Waals surface area contributed by atoms with Gasteiger partial charge < -0.3 is 5.85 Å². The first-order valence-corrected chi connectivity index (χ1v) is 6.47. The van der Waals surface area contributed by atoms with Gasteiger partial charge in [0.05, 0.1) is 0 Å². The van der Waals surface area contributed by atoms with Gasteiger partial charge in [0.15, 0.2) is 0 Å². The van der Waals surface area contributed by atoms with Gasteiger partial charge in [-0.1, -0.05) is 0 Å². The fourth-order valence-electron chi connectivity index (χ4n) is 0.350. The van der Waals surface area contributed by atoms with Crippen molar-refractivity contribution < 1.29 is 45.0 Å². The minimum Gasteiger partial charge on any atom is -1.00 e. The molecule has 0 aromatic heterocycles. The summed E-state index contributed by atoms with van der Waals surface area (Å²) in [6.45, 7) is 6.78. The van der Waals surface area contributed by atoms with Crippen molar-refractivity contribution in [1.29, 1.82) is 0 Å². The number of ketones is 1. The molecule has 0 aliphatic rings. The second kappa shape index (κ2) is 5.08. The molecule has 0 saturated heterocycles. The van der Waals surface area contributed by atoms with Gasteiger partial charge in [0.1, 0.15) is 0 Å². The maximum atomic E-state index is 10.6. The Hall–Kier alpha value is 0.357. The first kappa shape index (κ1) is 13.9. The van der Waals surface area contributed by atoms with Crippen molar-refractivity contribution in [3.8, 4) is 0 Å². The molecule has 11 heavy (non-hydrogen) atoms. The molecule has 0 amide bonds. The summed E-state index contributed by atoms with van der Waals surface area (Å²) in [5.74, 6) is -1.23. The van der Waals surface area contributed by atoms with Crippen molar-refractivity contribution in [1.82, 2.24) is 0 Å². The minimum absolute atomic E-state index is 0. The molecular weight excluding hydrogens is 171 g/mol. The van der Waals surface area contributed by atoms with Gasteiger partial charge in [-0.05, 0) is 19.6 Å². The van der Waals surface area contributed by atoms with Crippen molar-refractivity contribution >= 4 is 20.1 Å². The van der Waals surface area contributed by atoms with Crippen LogP contribution in [-0.4, -0.2) is 20.1 Å². The normalized spacial score (nSPS) is 9.82. The average Bonchev–Trinajstić information content (AvgIpc) is 1.60. The molecule has 0 atom stereocenters. The molecule has 0 unspecified atom stereocenters. The molecule has 0 heterocycles. The molecule has 3 nitrogen and oxygen atoms in total. The fraction of sp³-hybridized carbons (Fsp3) is 0.667. The van der Waals surface area contributed by atoms with Crippen LogP contribution in [0.5, 0.6) is 0 Å². The summed E-state index contributed by atoms with van der Waals surface area (Å²) in [6.07, 6.45) is 0. The smallest absolute Gasteiger partial charge is 1.00 e. The maximum absolute atomic E-state index is 10.6. The van der Waals surface area contributed by atoms with E-state index in [0.717, 1.165) is 0 Å². The minimum atomic E-state index is -1.85. The van der Waals surface area contributed by atoms with E-state index in [2.05, 4.69) is 0 Å². The van der Waals surface area contributed by atoms with Crippen LogP contribution in [0, 0.1) is 0 Å². The van der Waals surface area contributed by atoms with E-state index in [0.29, 0.717) is 0 Å². The van der Waals surface area contributed by atoms with Gasteiger partial charge in [0.2, 0.25) is 14.1 Å². The van der Waals surface area contributed by atoms with Gasteiger partial charge in [-0.3, -0.25) is 4.79 Å².